The second-order valence-corrected chi connectivity index (χ2v) is 7.42. The summed E-state index contributed by atoms with van der Waals surface area (Å²) in [5.74, 6) is 0.205. The molecule has 2 aromatic rings. The molecule has 1 heterocycles. The van der Waals surface area contributed by atoms with Crippen LogP contribution in [0, 0.1) is 5.41 Å². The standard InChI is InChI=1S/C23H29FN6/c1-16(20(24)10-7-13-25)23(3,4)15-27-22-12-11-21(29-30-22)19-9-6-8-18(14-19)17(2)28-26-5/h6-14,26H,1,15,25H2,2-5H3,(H,27,30)/b13-7-,20-10+,28-17+. The third-order valence-electron chi connectivity index (χ3n) is 4.69. The van der Waals surface area contributed by atoms with Gasteiger partial charge in [0.2, 0.25) is 0 Å². The van der Waals surface area contributed by atoms with Gasteiger partial charge in [-0.05, 0) is 54.6 Å². The molecule has 0 aliphatic rings. The highest BCUT2D eigenvalue weighted by Crippen LogP contribution is 2.31. The molecule has 0 saturated heterocycles. The lowest BCUT2D eigenvalue weighted by Gasteiger charge is -2.26. The van der Waals surface area contributed by atoms with Crippen LogP contribution in [0.3, 0.4) is 0 Å². The first kappa shape index (κ1) is 22.8. The van der Waals surface area contributed by atoms with Gasteiger partial charge in [0, 0.05) is 24.6 Å². The Balaban J connectivity index is 2.09. The summed E-state index contributed by atoms with van der Waals surface area (Å²) in [5, 5.41) is 16.0. The Morgan fingerprint density at radius 3 is 2.67 bits per heavy atom. The van der Waals surface area contributed by atoms with Crippen LogP contribution < -0.4 is 16.5 Å². The number of hydrogen-bond donors (Lipinski definition) is 3. The Hall–Kier alpha value is -3.48. The average molecular weight is 409 g/mol. The van der Waals surface area contributed by atoms with Crippen LogP contribution in [0.2, 0.25) is 0 Å². The molecule has 0 atom stereocenters. The summed E-state index contributed by atoms with van der Waals surface area (Å²) in [6.07, 6.45) is 4.02. The lowest BCUT2D eigenvalue weighted by molar-refractivity contribution is 0.454. The van der Waals surface area contributed by atoms with Crippen molar-refractivity contribution in [2.45, 2.75) is 20.8 Å². The molecule has 30 heavy (non-hydrogen) atoms. The number of nitrogens with one attached hydrogen (secondary N) is 2. The minimum Gasteiger partial charge on any atom is -0.405 e. The summed E-state index contributed by atoms with van der Waals surface area (Å²) in [7, 11) is 1.77. The second-order valence-electron chi connectivity index (χ2n) is 7.42. The maximum atomic E-state index is 14.2. The molecule has 2 rings (SSSR count). The number of hydrogen-bond acceptors (Lipinski definition) is 6. The van der Waals surface area contributed by atoms with Crippen LogP contribution in [0.4, 0.5) is 10.2 Å². The van der Waals surface area contributed by atoms with Crippen molar-refractivity contribution in [1.29, 1.82) is 0 Å². The number of benzene rings is 1. The van der Waals surface area contributed by atoms with Crippen LogP contribution in [-0.4, -0.2) is 29.5 Å². The molecule has 7 heteroatoms. The molecule has 0 aliphatic carbocycles. The van der Waals surface area contributed by atoms with Crippen LogP contribution in [0.5, 0.6) is 0 Å². The maximum absolute atomic E-state index is 14.2. The molecule has 1 aromatic carbocycles. The molecule has 0 fully saturated rings. The summed E-state index contributed by atoms with van der Waals surface area (Å²) in [5.41, 5.74) is 11.5. The van der Waals surface area contributed by atoms with Crippen molar-refractivity contribution in [1.82, 2.24) is 15.6 Å². The van der Waals surface area contributed by atoms with Gasteiger partial charge < -0.3 is 16.5 Å². The number of aromatic nitrogens is 2. The first-order valence-electron chi connectivity index (χ1n) is 9.61. The van der Waals surface area contributed by atoms with E-state index in [9.17, 15) is 4.39 Å². The van der Waals surface area contributed by atoms with E-state index in [0.29, 0.717) is 17.9 Å². The Kier molecular flexibility index (Phi) is 7.86. The van der Waals surface area contributed by atoms with E-state index in [1.165, 1.54) is 18.4 Å². The van der Waals surface area contributed by atoms with E-state index in [4.69, 9.17) is 5.73 Å². The van der Waals surface area contributed by atoms with E-state index in [1.54, 1.807) is 7.05 Å². The number of allylic oxidation sites excluding steroid dienone is 3. The van der Waals surface area contributed by atoms with Crippen molar-refractivity contribution in [2.24, 2.45) is 16.3 Å². The zero-order valence-electron chi connectivity index (χ0n) is 17.9. The fourth-order valence-corrected chi connectivity index (χ4v) is 2.70. The normalized spacial score (nSPS) is 12.8. The Labute approximate surface area is 177 Å². The lowest BCUT2D eigenvalue weighted by Crippen LogP contribution is -2.25. The van der Waals surface area contributed by atoms with E-state index in [1.807, 2.05) is 57.2 Å². The van der Waals surface area contributed by atoms with Crippen LogP contribution in [0.1, 0.15) is 26.3 Å². The molecule has 1 aromatic heterocycles. The van der Waals surface area contributed by atoms with Gasteiger partial charge in [-0.15, -0.1) is 10.2 Å². The molecular weight excluding hydrogens is 379 g/mol. The van der Waals surface area contributed by atoms with E-state index in [2.05, 4.69) is 32.6 Å². The maximum Gasteiger partial charge on any atom is 0.148 e. The SMILES string of the molecule is C=C(/C(F)=C\C=C/N)C(C)(C)CNc1ccc(-c2cccc(/C(C)=N/NC)c2)nn1. The van der Waals surface area contributed by atoms with Crippen molar-refractivity contribution in [3.8, 4) is 11.3 Å². The second kappa shape index (κ2) is 10.3. The van der Waals surface area contributed by atoms with Crippen molar-refractivity contribution < 1.29 is 4.39 Å². The van der Waals surface area contributed by atoms with Crippen LogP contribution in [-0.2, 0) is 0 Å². The summed E-state index contributed by atoms with van der Waals surface area (Å²) in [6, 6.07) is 11.7. The molecule has 158 valence electrons. The molecule has 0 spiro atoms. The summed E-state index contributed by atoms with van der Waals surface area (Å²) < 4.78 is 14.2. The van der Waals surface area contributed by atoms with Crippen molar-refractivity contribution in [2.75, 3.05) is 18.9 Å². The summed E-state index contributed by atoms with van der Waals surface area (Å²) in [4.78, 5) is 0. The number of nitrogens with two attached hydrogens (primary N) is 1. The molecule has 0 bridgehead atoms. The van der Waals surface area contributed by atoms with Gasteiger partial charge in [0.05, 0.1) is 11.4 Å². The fourth-order valence-electron chi connectivity index (χ4n) is 2.70. The first-order chi connectivity index (χ1) is 14.3. The highest BCUT2D eigenvalue weighted by Gasteiger charge is 2.24. The van der Waals surface area contributed by atoms with Gasteiger partial charge in [-0.25, -0.2) is 4.39 Å². The van der Waals surface area contributed by atoms with Gasteiger partial charge in [0.1, 0.15) is 11.6 Å². The number of anilines is 1. The number of rotatable bonds is 9. The zero-order valence-corrected chi connectivity index (χ0v) is 17.9. The predicted molar refractivity (Wildman–Crippen MR) is 123 cm³/mol. The van der Waals surface area contributed by atoms with Gasteiger partial charge in [0.25, 0.3) is 0 Å². The number of halogens is 1. The smallest absolute Gasteiger partial charge is 0.148 e. The van der Waals surface area contributed by atoms with E-state index in [0.717, 1.165) is 22.5 Å². The van der Waals surface area contributed by atoms with E-state index in [-0.39, 0.29) is 0 Å². The van der Waals surface area contributed by atoms with Gasteiger partial charge in [0.15, 0.2) is 0 Å². The predicted octanol–water partition coefficient (Wildman–Crippen LogP) is 4.41. The van der Waals surface area contributed by atoms with Crippen LogP contribution in [0.15, 0.2) is 77.8 Å². The number of nitrogens with zero attached hydrogens (tertiary/aromatic N) is 3. The summed E-state index contributed by atoms with van der Waals surface area (Å²) in [6.45, 7) is 10.1. The Bertz CT molecular complexity index is 958. The zero-order chi connectivity index (χ0) is 22.1. The highest BCUT2D eigenvalue weighted by molar-refractivity contribution is 5.99. The molecule has 0 aliphatic heterocycles. The average Bonchev–Trinajstić information content (AvgIpc) is 2.76. The Morgan fingerprint density at radius 1 is 1.27 bits per heavy atom. The quantitative estimate of drug-likeness (QED) is 0.325. The van der Waals surface area contributed by atoms with E-state index >= 15 is 0 Å². The van der Waals surface area contributed by atoms with Gasteiger partial charge >= 0.3 is 0 Å². The third-order valence-corrected chi connectivity index (χ3v) is 4.69. The monoisotopic (exact) mass is 408 g/mol. The van der Waals surface area contributed by atoms with Gasteiger partial charge in [-0.2, -0.15) is 5.10 Å². The third kappa shape index (κ3) is 6.01. The largest absolute Gasteiger partial charge is 0.405 e. The van der Waals surface area contributed by atoms with Gasteiger partial charge in [-0.3, -0.25) is 0 Å². The van der Waals surface area contributed by atoms with Crippen LogP contribution >= 0.6 is 0 Å². The Morgan fingerprint density at radius 2 is 2.03 bits per heavy atom. The van der Waals surface area contributed by atoms with Gasteiger partial charge in [-0.1, -0.05) is 38.6 Å². The molecule has 0 amide bonds. The molecule has 0 saturated carbocycles. The molecular formula is C23H29FN6. The fraction of sp³-hybridized carbons (Fsp3) is 0.261. The first-order valence-corrected chi connectivity index (χ1v) is 9.61. The van der Waals surface area contributed by atoms with E-state index < -0.39 is 11.2 Å². The lowest BCUT2D eigenvalue weighted by atomic mass is 9.84. The molecule has 0 radical (unpaired) electrons. The molecule has 6 nitrogen and oxygen atoms in total. The highest BCUT2D eigenvalue weighted by atomic mass is 19.1. The molecule has 0 unspecified atom stereocenters. The van der Waals surface area contributed by atoms with Crippen molar-refractivity contribution >= 4 is 11.5 Å². The van der Waals surface area contributed by atoms with Crippen molar-refractivity contribution in [3.63, 3.8) is 0 Å². The minimum atomic E-state index is -0.526. The van der Waals surface area contributed by atoms with Crippen molar-refractivity contribution in [3.05, 3.63) is 78.3 Å². The van der Waals surface area contributed by atoms with Crippen LogP contribution in [0.25, 0.3) is 11.3 Å². The summed E-state index contributed by atoms with van der Waals surface area (Å²) >= 11 is 0. The minimum absolute atomic E-state index is 0.382. The molecule has 4 N–H and O–H groups in total. The topological polar surface area (TPSA) is 88.2 Å². The number of hydrazone groups is 1.